The summed E-state index contributed by atoms with van der Waals surface area (Å²) in [6.45, 7) is 1.73. The van der Waals surface area contributed by atoms with Gasteiger partial charge in [0.15, 0.2) is 0 Å². The fourth-order valence-electron chi connectivity index (χ4n) is 2.79. The van der Waals surface area contributed by atoms with Crippen LogP contribution in [0.2, 0.25) is 0 Å². The highest BCUT2D eigenvalue weighted by molar-refractivity contribution is 7.89. The number of sulfonamides is 1. The lowest BCUT2D eigenvalue weighted by Gasteiger charge is -2.32. The zero-order chi connectivity index (χ0) is 18.4. The van der Waals surface area contributed by atoms with Crippen LogP contribution in [0.3, 0.4) is 0 Å². The number of nitrogens with one attached hydrogen (secondary N) is 2. The van der Waals surface area contributed by atoms with Gasteiger partial charge in [-0.05, 0) is 44.2 Å². The van der Waals surface area contributed by atoms with E-state index in [9.17, 15) is 18.0 Å². The first-order chi connectivity index (χ1) is 11.9. The molecule has 0 aliphatic carbocycles. The number of rotatable bonds is 6. The van der Waals surface area contributed by atoms with Crippen LogP contribution in [0.5, 0.6) is 0 Å². The molecule has 26 heavy (non-hydrogen) atoms. The van der Waals surface area contributed by atoms with Crippen molar-refractivity contribution in [2.75, 3.05) is 33.2 Å². The summed E-state index contributed by atoms with van der Waals surface area (Å²) >= 11 is 0. The molecular weight excluding hydrogens is 380 g/mol. The minimum atomic E-state index is -3.53. The lowest BCUT2D eigenvalue weighted by molar-refractivity contribution is -0.126. The number of halogens is 1. The van der Waals surface area contributed by atoms with Gasteiger partial charge in [-0.15, -0.1) is 12.4 Å². The Kier molecular flexibility index (Phi) is 8.48. The van der Waals surface area contributed by atoms with Gasteiger partial charge < -0.3 is 16.0 Å². The van der Waals surface area contributed by atoms with Crippen molar-refractivity contribution >= 4 is 34.2 Å². The van der Waals surface area contributed by atoms with E-state index in [-0.39, 0.29) is 35.0 Å². The van der Waals surface area contributed by atoms with Crippen molar-refractivity contribution in [1.82, 2.24) is 14.9 Å². The molecule has 1 aromatic carbocycles. The van der Waals surface area contributed by atoms with Gasteiger partial charge in [-0.1, -0.05) is 0 Å². The number of nitrogens with zero attached hydrogens (tertiary/aromatic N) is 1. The Hall–Kier alpha value is -1.68. The van der Waals surface area contributed by atoms with E-state index in [2.05, 4.69) is 10.0 Å². The van der Waals surface area contributed by atoms with Gasteiger partial charge in [0.2, 0.25) is 15.9 Å². The molecule has 0 bridgehead atoms. The summed E-state index contributed by atoms with van der Waals surface area (Å²) in [4.78, 5) is 26.4. The number of benzene rings is 1. The summed E-state index contributed by atoms with van der Waals surface area (Å²) in [7, 11) is -2.20. The molecule has 0 radical (unpaired) electrons. The van der Waals surface area contributed by atoms with Crippen molar-refractivity contribution < 1.29 is 18.0 Å². The van der Waals surface area contributed by atoms with E-state index in [4.69, 9.17) is 5.73 Å². The molecule has 1 heterocycles. The lowest BCUT2D eigenvalue weighted by Crippen LogP contribution is -2.46. The number of nitrogens with two attached hydrogens (primary N) is 1. The first kappa shape index (κ1) is 22.4. The minimum absolute atomic E-state index is 0. The molecule has 1 unspecified atom stereocenters. The van der Waals surface area contributed by atoms with E-state index in [1.165, 1.54) is 31.3 Å². The molecule has 2 rings (SSSR count). The van der Waals surface area contributed by atoms with Crippen LogP contribution in [-0.2, 0) is 14.8 Å². The van der Waals surface area contributed by atoms with Crippen molar-refractivity contribution in [2.45, 2.75) is 17.7 Å². The van der Waals surface area contributed by atoms with Crippen LogP contribution in [0.1, 0.15) is 23.2 Å². The monoisotopic (exact) mass is 404 g/mol. The summed E-state index contributed by atoms with van der Waals surface area (Å²) in [6.07, 6.45) is 1.48. The van der Waals surface area contributed by atoms with Gasteiger partial charge in [0.05, 0.1) is 10.8 Å². The van der Waals surface area contributed by atoms with E-state index >= 15 is 0 Å². The number of hydrogen-bond acceptors (Lipinski definition) is 5. The second kappa shape index (κ2) is 9.86. The van der Waals surface area contributed by atoms with Crippen molar-refractivity contribution in [3.63, 3.8) is 0 Å². The largest absolute Gasteiger partial charge is 0.355 e. The van der Waals surface area contributed by atoms with Crippen LogP contribution in [0, 0.1) is 5.92 Å². The zero-order valence-corrected chi connectivity index (χ0v) is 16.2. The van der Waals surface area contributed by atoms with Crippen LogP contribution in [-0.4, -0.2) is 58.4 Å². The maximum atomic E-state index is 12.6. The standard InChI is InChI=1S/C16H24N4O4S.ClH/c1-18-25(23,24)14-6-4-12(5-7-14)16(22)20-10-2-3-13(11-20)15(21)19-9-8-17;/h4-7,13,18H,2-3,8-11,17H2,1H3,(H,19,21);1H. The summed E-state index contributed by atoms with van der Waals surface area (Å²) in [6, 6.07) is 5.78. The molecule has 4 N–H and O–H groups in total. The van der Waals surface area contributed by atoms with Gasteiger partial charge in [0, 0.05) is 31.7 Å². The average molecular weight is 405 g/mol. The molecule has 146 valence electrons. The Bertz CT molecular complexity index is 724. The number of hydrogen-bond donors (Lipinski definition) is 3. The number of amides is 2. The van der Waals surface area contributed by atoms with E-state index < -0.39 is 10.0 Å². The molecular formula is C16H25ClN4O4S. The molecule has 0 spiro atoms. The topological polar surface area (TPSA) is 122 Å². The fraction of sp³-hybridized carbons (Fsp3) is 0.500. The van der Waals surface area contributed by atoms with Gasteiger partial charge in [-0.2, -0.15) is 0 Å². The third-order valence-electron chi connectivity index (χ3n) is 4.20. The van der Waals surface area contributed by atoms with Crippen LogP contribution >= 0.6 is 12.4 Å². The normalized spacial score (nSPS) is 17.3. The van der Waals surface area contributed by atoms with E-state index in [1.807, 2.05) is 0 Å². The Balaban J connectivity index is 0.00000338. The van der Waals surface area contributed by atoms with Gasteiger partial charge in [0.1, 0.15) is 0 Å². The van der Waals surface area contributed by atoms with Gasteiger partial charge in [0.25, 0.3) is 5.91 Å². The molecule has 1 aliphatic rings. The Morgan fingerprint density at radius 1 is 1.27 bits per heavy atom. The maximum absolute atomic E-state index is 12.6. The average Bonchev–Trinajstić information content (AvgIpc) is 2.65. The molecule has 0 saturated carbocycles. The summed E-state index contributed by atoms with van der Waals surface area (Å²) in [5.74, 6) is -0.531. The van der Waals surface area contributed by atoms with Crippen molar-refractivity contribution in [3.05, 3.63) is 29.8 Å². The predicted molar refractivity (Wildman–Crippen MR) is 101 cm³/mol. The number of carbonyl (C=O) groups is 2. The Labute approximate surface area is 160 Å². The summed E-state index contributed by atoms with van der Waals surface area (Å²) in [5.41, 5.74) is 5.79. The number of likely N-dealkylation sites (tertiary alicyclic amines) is 1. The molecule has 8 nitrogen and oxygen atoms in total. The SMILES string of the molecule is CNS(=O)(=O)c1ccc(C(=O)N2CCCC(C(=O)NCCN)C2)cc1.Cl. The zero-order valence-electron chi connectivity index (χ0n) is 14.6. The van der Waals surface area contributed by atoms with Crippen LogP contribution in [0.4, 0.5) is 0 Å². The third kappa shape index (κ3) is 5.41. The van der Waals surface area contributed by atoms with Gasteiger partial charge in [-0.3, -0.25) is 9.59 Å². The maximum Gasteiger partial charge on any atom is 0.253 e. The molecule has 2 amide bonds. The van der Waals surface area contributed by atoms with E-state index in [1.54, 1.807) is 4.90 Å². The molecule has 10 heteroatoms. The van der Waals surface area contributed by atoms with Crippen molar-refractivity contribution in [1.29, 1.82) is 0 Å². The Morgan fingerprint density at radius 2 is 1.92 bits per heavy atom. The molecule has 1 saturated heterocycles. The Morgan fingerprint density at radius 3 is 2.50 bits per heavy atom. The molecule has 0 aromatic heterocycles. The van der Waals surface area contributed by atoms with E-state index in [0.717, 1.165) is 12.8 Å². The quantitative estimate of drug-likeness (QED) is 0.613. The van der Waals surface area contributed by atoms with Crippen LogP contribution < -0.4 is 15.8 Å². The molecule has 1 fully saturated rings. The van der Waals surface area contributed by atoms with Crippen molar-refractivity contribution in [3.8, 4) is 0 Å². The second-order valence-electron chi connectivity index (χ2n) is 5.90. The molecule has 1 aromatic rings. The smallest absolute Gasteiger partial charge is 0.253 e. The third-order valence-corrected chi connectivity index (χ3v) is 5.63. The number of piperidine rings is 1. The van der Waals surface area contributed by atoms with Gasteiger partial charge >= 0.3 is 0 Å². The highest BCUT2D eigenvalue weighted by Gasteiger charge is 2.28. The summed E-state index contributed by atoms with van der Waals surface area (Å²) in [5, 5.41) is 2.76. The van der Waals surface area contributed by atoms with E-state index in [0.29, 0.717) is 31.7 Å². The molecule has 1 atom stereocenters. The highest BCUT2D eigenvalue weighted by Crippen LogP contribution is 2.19. The van der Waals surface area contributed by atoms with Gasteiger partial charge in [-0.25, -0.2) is 13.1 Å². The molecule has 1 aliphatic heterocycles. The highest BCUT2D eigenvalue weighted by atomic mass is 35.5. The van der Waals surface area contributed by atoms with Crippen LogP contribution in [0.25, 0.3) is 0 Å². The lowest BCUT2D eigenvalue weighted by atomic mass is 9.96. The van der Waals surface area contributed by atoms with Crippen molar-refractivity contribution in [2.24, 2.45) is 11.7 Å². The first-order valence-corrected chi connectivity index (χ1v) is 9.68. The predicted octanol–water partition coefficient (Wildman–Crippen LogP) is -0.0564. The second-order valence-corrected chi connectivity index (χ2v) is 7.79. The summed E-state index contributed by atoms with van der Waals surface area (Å²) < 4.78 is 25.7. The first-order valence-electron chi connectivity index (χ1n) is 8.19. The van der Waals surface area contributed by atoms with Crippen LogP contribution in [0.15, 0.2) is 29.2 Å². The minimum Gasteiger partial charge on any atom is -0.355 e. The fourth-order valence-corrected chi connectivity index (χ4v) is 3.52. The number of carbonyl (C=O) groups excluding carboxylic acids is 2.